The van der Waals surface area contributed by atoms with Gasteiger partial charge in [0.2, 0.25) is 5.91 Å². The number of benzene rings is 2. The van der Waals surface area contributed by atoms with Gasteiger partial charge in [0.25, 0.3) is 0 Å². The van der Waals surface area contributed by atoms with E-state index in [1.54, 1.807) is 18.2 Å². The van der Waals surface area contributed by atoms with Gasteiger partial charge in [0, 0.05) is 23.4 Å². The number of esters is 1. The third-order valence-corrected chi connectivity index (χ3v) is 8.02. The minimum atomic E-state index is -0.765. The smallest absolute Gasteiger partial charge is 0.328 e. The first-order chi connectivity index (χ1) is 17.4. The van der Waals surface area contributed by atoms with Crippen molar-refractivity contribution < 1.29 is 14.3 Å². The third kappa shape index (κ3) is 5.22. The highest BCUT2D eigenvalue weighted by Gasteiger charge is 2.39. The molecule has 1 aliphatic carbocycles. The summed E-state index contributed by atoms with van der Waals surface area (Å²) < 4.78 is 5.01. The van der Waals surface area contributed by atoms with E-state index in [0.29, 0.717) is 39.7 Å². The highest BCUT2D eigenvalue weighted by molar-refractivity contribution is 6.39. The predicted octanol–water partition coefficient (Wildman–Crippen LogP) is 5.33. The summed E-state index contributed by atoms with van der Waals surface area (Å²) in [7, 11) is 1.34. The highest BCUT2D eigenvalue weighted by atomic mass is 35.5. The largest absolute Gasteiger partial charge is 0.467 e. The molecule has 1 saturated carbocycles. The average molecular weight is 526 g/mol. The van der Waals surface area contributed by atoms with Crippen molar-refractivity contribution in [1.82, 2.24) is 15.6 Å². The standard InChI is InChI=1S/C28H29Cl2N3O3/c1-36-28(35)25(33-27(34)24-15-17-5-2-3-8-21(17)32-24)14-16-9-11-22-18(13-16)10-12-23(31-22)26-19(29)6-4-7-20(26)30/h4,6-7,9-13,17,21,24-25,32H,2-3,5,8,14-15H2,1H3,(H,33,34)/t17-,21-,24-,25?/m0/s1. The van der Waals surface area contributed by atoms with Crippen LogP contribution in [0, 0.1) is 5.92 Å². The summed E-state index contributed by atoms with van der Waals surface area (Å²) in [4.78, 5) is 30.3. The van der Waals surface area contributed by atoms with Crippen molar-refractivity contribution in [2.45, 2.75) is 56.7 Å². The molecule has 5 rings (SSSR count). The van der Waals surface area contributed by atoms with Gasteiger partial charge in [-0.3, -0.25) is 4.79 Å². The molecule has 8 heteroatoms. The van der Waals surface area contributed by atoms with Crippen LogP contribution in [0.25, 0.3) is 22.2 Å². The lowest BCUT2D eigenvalue weighted by Crippen LogP contribution is -2.50. The summed E-state index contributed by atoms with van der Waals surface area (Å²) >= 11 is 12.7. The SMILES string of the molecule is COC(=O)C(Cc1ccc2nc(-c3c(Cl)cccc3Cl)ccc2c1)NC(=O)[C@@H]1C[C@@H]2CCCC[C@@H]2N1. The van der Waals surface area contributed by atoms with Crippen molar-refractivity contribution in [1.29, 1.82) is 0 Å². The number of pyridine rings is 1. The van der Waals surface area contributed by atoms with Crippen LogP contribution in [0.15, 0.2) is 48.5 Å². The maximum absolute atomic E-state index is 13.0. The lowest BCUT2D eigenvalue weighted by molar-refractivity contribution is -0.145. The Hall–Kier alpha value is -2.67. The molecule has 188 valence electrons. The van der Waals surface area contributed by atoms with Crippen molar-refractivity contribution >= 4 is 46.0 Å². The molecular weight excluding hydrogens is 497 g/mol. The lowest BCUT2D eigenvalue weighted by Gasteiger charge is -2.24. The monoisotopic (exact) mass is 525 g/mol. The number of methoxy groups -OCH3 is 1. The molecule has 1 amide bonds. The second-order valence-corrected chi connectivity index (χ2v) is 10.5. The molecule has 3 aromatic rings. The fraction of sp³-hybridized carbons (Fsp3) is 0.393. The fourth-order valence-electron chi connectivity index (χ4n) is 5.55. The number of rotatable bonds is 6. The molecule has 1 unspecified atom stereocenters. The number of ether oxygens (including phenoxy) is 1. The van der Waals surface area contributed by atoms with Crippen LogP contribution in [-0.4, -0.2) is 42.1 Å². The van der Waals surface area contributed by atoms with Crippen LogP contribution in [0.5, 0.6) is 0 Å². The topological polar surface area (TPSA) is 80.3 Å². The molecule has 4 atom stereocenters. The number of nitrogens with one attached hydrogen (secondary N) is 2. The molecule has 36 heavy (non-hydrogen) atoms. The molecule has 0 spiro atoms. The quantitative estimate of drug-likeness (QED) is 0.425. The molecule has 1 aromatic heterocycles. The molecule has 2 aromatic carbocycles. The van der Waals surface area contributed by atoms with Gasteiger partial charge in [-0.15, -0.1) is 0 Å². The number of hydrogen-bond acceptors (Lipinski definition) is 5. The maximum Gasteiger partial charge on any atom is 0.328 e. The molecule has 0 radical (unpaired) electrons. The third-order valence-electron chi connectivity index (χ3n) is 7.39. The van der Waals surface area contributed by atoms with Crippen LogP contribution >= 0.6 is 23.2 Å². The van der Waals surface area contributed by atoms with Crippen molar-refractivity contribution in [2.24, 2.45) is 5.92 Å². The van der Waals surface area contributed by atoms with Crippen molar-refractivity contribution in [3.05, 3.63) is 64.1 Å². The van der Waals surface area contributed by atoms with Crippen molar-refractivity contribution in [2.75, 3.05) is 7.11 Å². The Bertz CT molecular complexity index is 1260. The van der Waals surface area contributed by atoms with Crippen LogP contribution in [0.1, 0.15) is 37.7 Å². The summed E-state index contributed by atoms with van der Waals surface area (Å²) in [6, 6.07) is 14.4. The number of fused-ring (bicyclic) bond motifs is 2. The van der Waals surface area contributed by atoms with E-state index in [-0.39, 0.29) is 11.9 Å². The predicted molar refractivity (Wildman–Crippen MR) is 142 cm³/mol. The Morgan fingerprint density at radius 3 is 2.64 bits per heavy atom. The van der Waals surface area contributed by atoms with E-state index in [0.717, 1.165) is 35.7 Å². The summed E-state index contributed by atoms with van der Waals surface area (Å²) in [5.41, 5.74) is 3.07. The minimum Gasteiger partial charge on any atom is -0.467 e. The molecule has 2 aliphatic rings. The van der Waals surface area contributed by atoms with Gasteiger partial charge in [0.1, 0.15) is 6.04 Å². The van der Waals surface area contributed by atoms with Crippen LogP contribution in [0.4, 0.5) is 0 Å². The molecule has 2 N–H and O–H groups in total. The van der Waals surface area contributed by atoms with E-state index in [9.17, 15) is 9.59 Å². The first-order valence-electron chi connectivity index (χ1n) is 12.4. The van der Waals surface area contributed by atoms with Gasteiger partial charge in [0.15, 0.2) is 0 Å². The molecule has 2 heterocycles. The van der Waals surface area contributed by atoms with E-state index >= 15 is 0 Å². The fourth-order valence-corrected chi connectivity index (χ4v) is 6.14. The molecule has 1 saturated heterocycles. The number of aromatic nitrogens is 1. The lowest BCUT2D eigenvalue weighted by atomic mass is 9.85. The zero-order chi connectivity index (χ0) is 25.2. The summed E-state index contributed by atoms with van der Waals surface area (Å²) in [5.74, 6) is -0.0474. The Kier molecular flexibility index (Phi) is 7.47. The number of carbonyl (C=O) groups is 2. The van der Waals surface area contributed by atoms with Crippen molar-refractivity contribution in [3.8, 4) is 11.3 Å². The molecule has 2 fully saturated rings. The summed E-state index contributed by atoms with van der Waals surface area (Å²) in [6.07, 6.45) is 5.86. The van der Waals surface area contributed by atoms with Gasteiger partial charge in [-0.2, -0.15) is 0 Å². The Morgan fingerprint density at radius 1 is 1.11 bits per heavy atom. The second-order valence-electron chi connectivity index (χ2n) is 9.71. The summed E-state index contributed by atoms with van der Waals surface area (Å²) in [5, 5.41) is 8.41. The zero-order valence-corrected chi connectivity index (χ0v) is 21.6. The van der Waals surface area contributed by atoms with Gasteiger partial charge in [-0.05, 0) is 61.1 Å². The van der Waals surface area contributed by atoms with Gasteiger partial charge >= 0.3 is 5.97 Å². The van der Waals surface area contributed by atoms with E-state index in [1.165, 1.54) is 20.0 Å². The molecule has 0 bridgehead atoms. The maximum atomic E-state index is 13.0. The van der Waals surface area contributed by atoms with E-state index in [2.05, 4.69) is 10.6 Å². The highest BCUT2D eigenvalue weighted by Crippen LogP contribution is 2.35. The normalized spacial score (nSPS) is 22.1. The Balaban J connectivity index is 1.32. The first-order valence-corrected chi connectivity index (χ1v) is 13.2. The number of hydrogen-bond donors (Lipinski definition) is 2. The number of nitrogens with zero attached hydrogens (tertiary/aromatic N) is 1. The van der Waals surface area contributed by atoms with Gasteiger partial charge < -0.3 is 15.4 Å². The first kappa shape index (κ1) is 25.0. The van der Waals surface area contributed by atoms with Gasteiger partial charge in [0.05, 0.1) is 34.4 Å². The van der Waals surface area contributed by atoms with Crippen molar-refractivity contribution in [3.63, 3.8) is 0 Å². The van der Waals surface area contributed by atoms with E-state index < -0.39 is 12.0 Å². The summed E-state index contributed by atoms with van der Waals surface area (Å²) in [6.45, 7) is 0. The average Bonchev–Trinajstić information content (AvgIpc) is 3.32. The van der Waals surface area contributed by atoms with E-state index in [4.69, 9.17) is 32.9 Å². The molecule has 1 aliphatic heterocycles. The zero-order valence-electron chi connectivity index (χ0n) is 20.1. The number of carbonyl (C=O) groups excluding carboxylic acids is 2. The van der Waals surface area contributed by atoms with E-state index in [1.807, 2.05) is 30.3 Å². The number of halogens is 2. The van der Waals surface area contributed by atoms with Gasteiger partial charge in [-0.25, -0.2) is 9.78 Å². The molecular formula is C28H29Cl2N3O3. The second kappa shape index (κ2) is 10.8. The van der Waals surface area contributed by atoms with Crippen LogP contribution in [-0.2, 0) is 20.7 Å². The minimum absolute atomic E-state index is 0.136. The number of amides is 1. The van der Waals surface area contributed by atoms with Crippen LogP contribution in [0.2, 0.25) is 10.0 Å². The van der Waals surface area contributed by atoms with Crippen LogP contribution < -0.4 is 10.6 Å². The van der Waals surface area contributed by atoms with Gasteiger partial charge in [-0.1, -0.05) is 54.2 Å². The Labute approximate surface area is 220 Å². The Morgan fingerprint density at radius 2 is 1.89 bits per heavy atom. The molecule has 6 nitrogen and oxygen atoms in total. The van der Waals surface area contributed by atoms with Crippen LogP contribution in [0.3, 0.4) is 0 Å².